The molecule has 0 aliphatic rings. The molecule has 0 bridgehead atoms. The van der Waals surface area contributed by atoms with Gasteiger partial charge in [-0.15, -0.1) is 0 Å². The highest BCUT2D eigenvalue weighted by Crippen LogP contribution is 2.30. The molecule has 3 aromatic carbocycles. The first kappa shape index (κ1) is 16.4. The second-order valence-corrected chi connectivity index (χ2v) is 6.25. The number of nitrogens with one attached hydrogen (secondary N) is 1. The Hall–Kier alpha value is -3.04. The van der Waals surface area contributed by atoms with Crippen LogP contribution in [0.3, 0.4) is 0 Å². The van der Waals surface area contributed by atoms with Gasteiger partial charge in [-0.2, -0.15) is 0 Å². The zero-order valence-corrected chi connectivity index (χ0v) is 14.3. The molecule has 26 heavy (non-hydrogen) atoms. The van der Waals surface area contributed by atoms with E-state index in [4.69, 9.17) is 0 Å². The molecule has 3 heteroatoms. The molecule has 0 fully saturated rings. The first-order valence-electron chi connectivity index (χ1n) is 8.68. The van der Waals surface area contributed by atoms with Gasteiger partial charge in [-0.25, -0.2) is 4.39 Å². The van der Waals surface area contributed by atoms with Crippen molar-refractivity contribution < 1.29 is 4.39 Å². The number of aromatic nitrogens is 1. The number of hydrogen-bond acceptors (Lipinski definition) is 2. The molecule has 0 aliphatic carbocycles. The van der Waals surface area contributed by atoms with Gasteiger partial charge in [0.25, 0.3) is 0 Å². The largest absolute Gasteiger partial charge is 0.308 e. The molecule has 128 valence electrons. The van der Waals surface area contributed by atoms with E-state index in [1.807, 2.05) is 36.7 Å². The second kappa shape index (κ2) is 7.46. The third-order valence-corrected chi connectivity index (χ3v) is 4.58. The monoisotopic (exact) mass is 342 g/mol. The van der Waals surface area contributed by atoms with E-state index in [1.165, 1.54) is 22.6 Å². The highest BCUT2D eigenvalue weighted by molar-refractivity contribution is 5.98. The molecule has 0 aliphatic heterocycles. The Kier molecular flexibility index (Phi) is 4.71. The summed E-state index contributed by atoms with van der Waals surface area (Å²) in [5.41, 5.74) is 4.22. The third kappa shape index (κ3) is 3.35. The lowest BCUT2D eigenvalue weighted by atomic mass is 9.96. The minimum Gasteiger partial charge on any atom is -0.308 e. The predicted molar refractivity (Wildman–Crippen MR) is 104 cm³/mol. The lowest BCUT2D eigenvalue weighted by Gasteiger charge is -2.12. The Morgan fingerprint density at radius 3 is 2.35 bits per heavy atom. The first-order valence-corrected chi connectivity index (χ1v) is 8.68. The van der Waals surface area contributed by atoms with Crippen molar-refractivity contribution in [3.8, 4) is 11.1 Å². The van der Waals surface area contributed by atoms with Crippen LogP contribution in [0.1, 0.15) is 11.1 Å². The van der Waals surface area contributed by atoms with Crippen molar-refractivity contribution in [2.24, 2.45) is 0 Å². The number of halogens is 1. The maximum absolute atomic E-state index is 13.8. The average molecular weight is 342 g/mol. The molecule has 0 atom stereocenters. The van der Waals surface area contributed by atoms with Crippen LogP contribution in [0, 0.1) is 5.82 Å². The minimum atomic E-state index is -0.175. The standard InChI is InChI=1S/C23H19FN2/c24-23-9-5-4-8-19(23)15-26-14-18-10-11-20(17-6-2-1-3-7-17)21-12-13-25-16-22(18)21/h1-13,16,26H,14-15H2. The van der Waals surface area contributed by atoms with Gasteiger partial charge in [-0.1, -0.05) is 60.7 Å². The third-order valence-electron chi connectivity index (χ3n) is 4.58. The maximum atomic E-state index is 13.8. The molecule has 0 saturated carbocycles. The van der Waals surface area contributed by atoms with E-state index in [-0.39, 0.29) is 5.82 Å². The summed E-state index contributed by atoms with van der Waals surface area (Å²) in [6, 6.07) is 23.5. The molecule has 4 aromatic rings. The zero-order chi connectivity index (χ0) is 17.8. The topological polar surface area (TPSA) is 24.9 Å². The smallest absolute Gasteiger partial charge is 0.127 e. The number of rotatable bonds is 5. The molecule has 0 radical (unpaired) electrons. The number of pyridine rings is 1. The van der Waals surface area contributed by atoms with Crippen molar-refractivity contribution in [2.45, 2.75) is 13.1 Å². The van der Waals surface area contributed by atoms with E-state index in [9.17, 15) is 4.39 Å². The van der Waals surface area contributed by atoms with Crippen molar-refractivity contribution in [1.29, 1.82) is 0 Å². The molecule has 0 amide bonds. The average Bonchev–Trinajstić information content (AvgIpc) is 2.70. The Morgan fingerprint density at radius 2 is 1.50 bits per heavy atom. The van der Waals surface area contributed by atoms with Crippen LogP contribution >= 0.6 is 0 Å². The van der Waals surface area contributed by atoms with Gasteiger partial charge in [0.15, 0.2) is 0 Å². The van der Waals surface area contributed by atoms with Gasteiger partial charge in [-0.3, -0.25) is 4.98 Å². The van der Waals surface area contributed by atoms with Gasteiger partial charge in [0.2, 0.25) is 0 Å². The van der Waals surface area contributed by atoms with Crippen molar-refractivity contribution in [3.63, 3.8) is 0 Å². The highest BCUT2D eigenvalue weighted by Gasteiger charge is 2.08. The summed E-state index contributed by atoms with van der Waals surface area (Å²) in [4.78, 5) is 4.30. The summed E-state index contributed by atoms with van der Waals surface area (Å²) in [6.45, 7) is 1.15. The molecule has 0 saturated heterocycles. The van der Waals surface area contributed by atoms with Crippen LogP contribution in [0.25, 0.3) is 21.9 Å². The van der Waals surface area contributed by atoms with Crippen molar-refractivity contribution in [1.82, 2.24) is 10.3 Å². The van der Waals surface area contributed by atoms with Gasteiger partial charge in [-0.05, 0) is 34.2 Å². The summed E-state index contributed by atoms with van der Waals surface area (Å²) in [7, 11) is 0. The molecular weight excluding hydrogens is 323 g/mol. The summed E-state index contributed by atoms with van der Waals surface area (Å²) < 4.78 is 13.8. The van der Waals surface area contributed by atoms with Gasteiger partial charge in [0, 0.05) is 36.4 Å². The van der Waals surface area contributed by atoms with Crippen molar-refractivity contribution >= 4 is 10.8 Å². The van der Waals surface area contributed by atoms with Crippen LogP contribution in [0.2, 0.25) is 0 Å². The van der Waals surface area contributed by atoms with E-state index in [1.54, 1.807) is 12.1 Å². The highest BCUT2D eigenvalue weighted by atomic mass is 19.1. The van der Waals surface area contributed by atoms with Gasteiger partial charge in [0.05, 0.1) is 0 Å². The van der Waals surface area contributed by atoms with Crippen molar-refractivity contribution in [2.75, 3.05) is 0 Å². The maximum Gasteiger partial charge on any atom is 0.127 e. The fourth-order valence-electron chi connectivity index (χ4n) is 3.25. The number of hydrogen-bond donors (Lipinski definition) is 1. The van der Waals surface area contributed by atoms with Crippen LogP contribution in [0.4, 0.5) is 4.39 Å². The molecule has 1 heterocycles. The summed E-state index contributed by atoms with van der Waals surface area (Å²) in [5, 5.41) is 5.64. The quantitative estimate of drug-likeness (QED) is 0.530. The predicted octanol–water partition coefficient (Wildman–Crippen LogP) is 5.33. The minimum absolute atomic E-state index is 0.175. The number of nitrogens with zero attached hydrogens (tertiary/aromatic N) is 1. The van der Waals surface area contributed by atoms with Crippen LogP contribution in [-0.4, -0.2) is 4.98 Å². The van der Waals surface area contributed by atoms with E-state index in [0.717, 1.165) is 10.9 Å². The Bertz CT molecular complexity index is 1030. The summed E-state index contributed by atoms with van der Waals surface area (Å²) in [6.07, 6.45) is 3.73. The van der Waals surface area contributed by atoms with E-state index in [0.29, 0.717) is 18.7 Å². The zero-order valence-electron chi connectivity index (χ0n) is 14.3. The van der Waals surface area contributed by atoms with Crippen LogP contribution in [0.15, 0.2) is 85.2 Å². The van der Waals surface area contributed by atoms with Gasteiger partial charge >= 0.3 is 0 Å². The number of benzene rings is 3. The number of fused-ring (bicyclic) bond motifs is 1. The molecular formula is C23H19FN2. The SMILES string of the molecule is Fc1ccccc1CNCc1ccc(-c2ccccc2)c2ccncc12. The van der Waals surface area contributed by atoms with E-state index in [2.05, 4.69) is 40.6 Å². The summed E-state index contributed by atoms with van der Waals surface area (Å²) in [5.74, 6) is -0.175. The van der Waals surface area contributed by atoms with E-state index >= 15 is 0 Å². The lowest BCUT2D eigenvalue weighted by Crippen LogP contribution is -2.14. The molecule has 0 spiro atoms. The lowest BCUT2D eigenvalue weighted by molar-refractivity contribution is 0.588. The van der Waals surface area contributed by atoms with Crippen LogP contribution in [0.5, 0.6) is 0 Å². The molecule has 2 nitrogen and oxygen atoms in total. The fraction of sp³-hybridized carbons (Fsp3) is 0.0870. The van der Waals surface area contributed by atoms with Gasteiger partial charge < -0.3 is 5.32 Å². The van der Waals surface area contributed by atoms with Gasteiger partial charge in [0.1, 0.15) is 5.82 Å². The first-order chi connectivity index (χ1) is 12.8. The van der Waals surface area contributed by atoms with Crippen LogP contribution < -0.4 is 5.32 Å². The summed E-state index contributed by atoms with van der Waals surface area (Å²) >= 11 is 0. The van der Waals surface area contributed by atoms with Crippen molar-refractivity contribution in [3.05, 3.63) is 102 Å². The normalized spacial score (nSPS) is 11.0. The Labute approximate surface area is 152 Å². The Morgan fingerprint density at radius 1 is 0.731 bits per heavy atom. The van der Waals surface area contributed by atoms with Crippen LogP contribution in [-0.2, 0) is 13.1 Å². The Balaban J connectivity index is 1.62. The molecule has 0 unspecified atom stereocenters. The molecule has 1 N–H and O–H groups in total. The molecule has 4 rings (SSSR count). The molecule has 1 aromatic heterocycles. The second-order valence-electron chi connectivity index (χ2n) is 6.25. The fourth-order valence-corrected chi connectivity index (χ4v) is 3.25. The van der Waals surface area contributed by atoms with E-state index < -0.39 is 0 Å².